The molecule has 0 amide bonds. The summed E-state index contributed by atoms with van der Waals surface area (Å²) in [6.45, 7) is 0. The van der Waals surface area contributed by atoms with Crippen LogP contribution in [0.3, 0.4) is 0 Å². The Morgan fingerprint density at radius 1 is 0.824 bits per heavy atom. The summed E-state index contributed by atoms with van der Waals surface area (Å²) in [6, 6.07) is 0. The van der Waals surface area contributed by atoms with E-state index in [4.69, 9.17) is 18.6 Å². The molecule has 0 heterocycles. The van der Waals surface area contributed by atoms with Crippen LogP contribution in [0.2, 0.25) is 0 Å². The van der Waals surface area contributed by atoms with E-state index in [-0.39, 0.29) is 0 Å². The molecule has 7 nitrogen and oxygen atoms in total. The van der Waals surface area contributed by atoms with Crippen molar-refractivity contribution in [1.29, 1.82) is 0 Å². The minimum atomic E-state index is -4.94. The highest BCUT2D eigenvalue weighted by molar-refractivity contribution is 5.84. The molecule has 0 N–H and O–H groups in total. The number of hydrogen-bond donors (Lipinski definition) is 0. The van der Waals surface area contributed by atoms with Crippen LogP contribution < -0.4 is 38.4 Å². The quantitative estimate of drug-likeness (QED) is 0.497. The van der Waals surface area contributed by atoms with Crippen molar-refractivity contribution in [2.45, 2.75) is 0 Å². The van der Waals surface area contributed by atoms with Crippen LogP contribution in [0.25, 0.3) is 0 Å². The molecule has 0 radical (unpaired) electrons. The van der Waals surface area contributed by atoms with Crippen LogP contribution in [-0.4, -0.2) is 42.3 Å². The van der Waals surface area contributed by atoms with Gasteiger partial charge in [-0.15, -0.1) is 10.2 Å². The molecule has 0 aliphatic rings. The lowest BCUT2D eigenvalue weighted by molar-refractivity contribution is -2.00. The molecule has 0 aromatic heterocycles. The summed E-state index contributed by atoms with van der Waals surface area (Å²) >= 11 is 0. The molecule has 17 heavy (non-hydrogen) atoms. The number of halogens is 1. The lowest BCUT2D eigenvalue weighted by Gasteiger charge is -2.17. The Kier molecular flexibility index (Phi) is 5.37. The van der Waals surface area contributed by atoms with E-state index < -0.39 is 10.2 Å². The topological polar surface area (TPSA) is 102 Å². The summed E-state index contributed by atoms with van der Waals surface area (Å²) < 4.78 is 36.1. The van der Waals surface area contributed by atoms with Gasteiger partial charge in [-0.05, 0) is 0 Å². The first-order valence-corrected chi connectivity index (χ1v) is 5.96. The fourth-order valence-corrected chi connectivity index (χ4v) is 1.43. The first-order chi connectivity index (χ1) is 7.46. The smallest absolute Gasteiger partial charge is 0.251 e. The minimum Gasteiger partial charge on any atom is -0.370 e. The molecule has 0 atom stereocenters. The lowest BCUT2D eigenvalue weighted by atomic mass is 10.7. The van der Waals surface area contributed by atoms with Crippen LogP contribution in [-0.2, 0) is 0 Å². The molecule has 1 aromatic rings. The number of nitrogens with zero attached hydrogens (tertiary/aromatic N) is 3. The SMILES string of the molecule is CN(C)c1c(N(C)C)c1=[N+](C)C.[O-][Cl+3]([O-])([O-])[O-]. The van der Waals surface area contributed by atoms with Crippen molar-refractivity contribution in [2.75, 3.05) is 52.1 Å². The van der Waals surface area contributed by atoms with Gasteiger partial charge in [0.2, 0.25) is 0 Å². The summed E-state index contributed by atoms with van der Waals surface area (Å²) in [5.74, 6) is 0. The van der Waals surface area contributed by atoms with Gasteiger partial charge >= 0.3 is 0 Å². The Balaban J connectivity index is 0.000000437. The molecular weight excluding hydrogens is 250 g/mol. The van der Waals surface area contributed by atoms with E-state index in [0.29, 0.717) is 0 Å². The maximum atomic E-state index is 8.49. The van der Waals surface area contributed by atoms with Crippen molar-refractivity contribution < 1.29 is 28.9 Å². The summed E-state index contributed by atoms with van der Waals surface area (Å²) in [6.07, 6.45) is 0. The molecule has 0 aliphatic heterocycles. The third-order valence-corrected chi connectivity index (χ3v) is 1.95. The molecule has 0 saturated carbocycles. The fourth-order valence-electron chi connectivity index (χ4n) is 1.43. The van der Waals surface area contributed by atoms with Crippen LogP contribution in [0.1, 0.15) is 0 Å². The number of anilines is 2. The summed E-state index contributed by atoms with van der Waals surface area (Å²) in [7, 11) is 7.53. The monoisotopic (exact) mass is 267 g/mol. The van der Waals surface area contributed by atoms with Crippen molar-refractivity contribution in [3.8, 4) is 0 Å². The van der Waals surface area contributed by atoms with Crippen LogP contribution in [0, 0.1) is 10.2 Å². The fraction of sp³-hybridized carbons (Fsp3) is 0.667. The first-order valence-electron chi connectivity index (χ1n) is 4.72. The zero-order valence-corrected chi connectivity index (χ0v) is 11.6. The second-order valence-corrected chi connectivity index (χ2v) is 4.86. The molecule has 0 aliphatic carbocycles. The molecule has 100 valence electrons. The van der Waals surface area contributed by atoms with Crippen LogP contribution in [0.15, 0.2) is 0 Å². The Hall–Kier alpha value is -0.860. The molecule has 0 fully saturated rings. The zero-order valence-electron chi connectivity index (χ0n) is 10.9. The van der Waals surface area contributed by atoms with E-state index in [2.05, 4.69) is 56.7 Å². The molecule has 0 bridgehead atoms. The molecule has 0 saturated heterocycles. The Labute approximate surface area is 103 Å². The molecule has 1 rings (SSSR count). The highest BCUT2D eigenvalue weighted by Gasteiger charge is 2.30. The van der Waals surface area contributed by atoms with Gasteiger partial charge in [-0.1, -0.05) is 0 Å². The van der Waals surface area contributed by atoms with Gasteiger partial charge in [0.1, 0.15) is 25.5 Å². The second kappa shape index (κ2) is 5.65. The van der Waals surface area contributed by atoms with Crippen molar-refractivity contribution >= 4 is 11.4 Å². The highest BCUT2D eigenvalue weighted by Crippen LogP contribution is 2.28. The molecule has 0 spiro atoms. The van der Waals surface area contributed by atoms with Gasteiger partial charge in [-0.2, -0.15) is 0 Å². The van der Waals surface area contributed by atoms with Gasteiger partial charge < -0.3 is 9.80 Å². The number of hydrogen-bond acceptors (Lipinski definition) is 6. The van der Waals surface area contributed by atoms with Crippen LogP contribution in [0.5, 0.6) is 0 Å². The van der Waals surface area contributed by atoms with Crippen molar-refractivity contribution in [3.63, 3.8) is 0 Å². The van der Waals surface area contributed by atoms with Crippen molar-refractivity contribution in [3.05, 3.63) is 5.36 Å². The van der Waals surface area contributed by atoms with Gasteiger partial charge in [0.05, 0.1) is 0 Å². The summed E-state index contributed by atoms with van der Waals surface area (Å²) in [5, 5.41) is 1.35. The minimum absolute atomic E-state index is 1.35. The van der Waals surface area contributed by atoms with Gasteiger partial charge in [-0.25, -0.2) is 23.2 Å². The summed E-state index contributed by atoms with van der Waals surface area (Å²) in [4.78, 5) is 4.31. The average molecular weight is 268 g/mol. The van der Waals surface area contributed by atoms with Crippen LogP contribution in [0.4, 0.5) is 11.4 Å². The van der Waals surface area contributed by atoms with Gasteiger partial charge in [0.15, 0.2) is 0 Å². The predicted octanol–water partition coefficient (Wildman–Crippen LogP) is -5.03. The second-order valence-electron chi connectivity index (χ2n) is 4.11. The van der Waals surface area contributed by atoms with E-state index in [0.717, 1.165) is 0 Å². The maximum absolute atomic E-state index is 8.49. The molecule has 8 heteroatoms. The molecule has 0 unspecified atom stereocenters. The van der Waals surface area contributed by atoms with Gasteiger partial charge in [0, 0.05) is 28.2 Å². The number of rotatable bonds is 2. The third kappa shape index (κ3) is 5.85. The first kappa shape index (κ1) is 16.1. The summed E-state index contributed by atoms with van der Waals surface area (Å²) in [5.41, 5.74) is 2.70. The Morgan fingerprint density at radius 3 is 1.12 bits per heavy atom. The van der Waals surface area contributed by atoms with Crippen molar-refractivity contribution in [1.82, 2.24) is 4.58 Å². The van der Waals surface area contributed by atoms with Gasteiger partial charge in [-0.3, -0.25) is 0 Å². The standard InChI is InChI=1S/C9H18N3.ClHO4/c1-10(2)7-8(11(3)4)9(7)12(5)6;2-1(3,4)5/h1-6H3;(H,2,3,4,5)/q+1;/p-1. The van der Waals surface area contributed by atoms with Crippen LogP contribution >= 0.6 is 0 Å². The van der Waals surface area contributed by atoms with Gasteiger partial charge in [0.25, 0.3) is 5.36 Å². The largest absolute Gasteiger partial charge is 0.370 e. The van der Waals surface area contributed by atoms with E-state index in [1.807, 2.05) is 0 Å². The highest BCUT2D eigenvalue weighted by atomic mass is 35.7. The zero-order chi connectivity index (χ0) is 14.0. The lowest BCUT2D eigenvalue weighted by Crippen LogP contribution is -2.68. The van der Waals surface area contributed by atoms with E-state index in [9.17, 15) is 0 Å². The average Bonchev–Trinajstić information content (AvgIpc) is 2.73. The van der Waals surface area contributed by atoms with Crippen molar-refractivity contribution in [2.24, 2.45) is 0 Å². The third-order valence-electron chi connectivity index (χ3n) is 1.95. The Morgan fingerprint density at radius 2 is 1.06 bits per heavy atom. The van der Waals surface area contributed by atoms with E-state index >= 15 is 0 Å². The maximum Gasteiger partial charge on any atom is 0.251 e. The van der Waals surface area contributed by atoms with E-state index in [1.165, 1.54) is 16.7 Å². The normalized spacial score (nSPS) is 10.9. The molecular formula is C9H18ClN3O4. The Bertz CT molecular complexity index is 355. The van der Waals surface area contributed by atoms with E-state index in [1.54, 1.807) is 0 Å². The predicted molar refractivity (Wildman–Crippen MR) is 54.6 cm³/mol. The molecule has 1 aromatic carbocycles.